The molecule has 7 aliphatic rings. The Kier molecular flexibility index (Phi) is 15.5. The number of azo groups is 1. The number of carbonyl (C=O) groups is 4. The molecule has 9 N–H and O–H groups in total. The fraction of sp³-hybridized carbons (Fsp3) is 0.696. The van der Waals surface area contributed by atoms with E-state index in [1.165, 1.54) is 7.05 Å². The summed E-state index contributed by atoms with van der Waals surface area (Å²) in [5.74, 6) is -5.94. The van der Waals surface area contributed by atoms with Crippen molar-refractivity contribution in [2.75, 3.05) is 26.9 Å². The molecule has 2 saturated carbocycles. The first-order valence-electron chi connectivity index (χ1n) is 20.8. The molecule has 0 spiro atoms. The summed E-state index contributed by atoms with van der Waals surface area (Å²) in [6.07, 6.45) is 7.51. The van der Waals surface area contributed by atoms with Gasteiger partial charge in [-0.05, 0) is 82.7 Å². The van der Waals surface area contributed by atoms with E-state index in [1.54, 1.807) is 45.9 Å². The van der Waals surface area contributed by atoms with Crippen molar-refractivity contribution < 1.29 is 59.7 Å². The number of carboxylic acid groups (broad SMARTS) is 1. The first-order valence-corrected chi connectivity index (χ1v) is 20.8. The third kappa shape index (κ3) is 8.25. The van der Waals surface area contributed by atoms with E-state index in [1.807, 2.05) is 33.8 Å². The van der Waals surface area contributed by atoms with Crippen molar-refractivity contribution in [3.63, 3.8) is 0 Å². The van der Waals surface area contributed by atoms with Crippen LogP contribution in [0.15, 0.2) is 69.0 Å². The minimum Gasteiger partial charge on any atom is -0.481 e. The molecule has 0 bridgehead atoms. The van der Waals surface area contributed by atoms with Gasteiger partial charge in [0.2, 0.25) is 0 Å². The van der Waals surface area contributed by atoms with Gasteiger partial charge in [0.25, 0.3) is 5.97 Å². The third-order valence-corrected chi connectivity index (χ3v) is 14.1. The number of ketones is 3. The number of hydrogen-bond acceptors (Lipinski definition) is 14. The van der Waals surface area contributed by atoms with E-state index in [9.17, 15) is 45.0 Å². The zero-order valence-corrected chi connectivity index (χ0v) is 36.7. The van der Waals surface area contributed by atoms with Crippen molar-refractivity contribution in [2.24, 2.45) is 63.3 Å². The van der Waals surface area contributed by atoms with Crippen LogP contribution >= 0.6 is 0 Å². The highest BCUT2D eigenvalue weighted by Gasteiger charge is 2.72. The van der Waals surface area contributed by atoms with E-state index in [0.717, 1.165) is 6.92 Å². The van der Waals surface area contributed by atoms with E-state index in [-0.39, 0.29) is 63.3 Å². The highest BCUT2D eigenvalue weighted by Crippen LogP contribution is 2.63. The Labute approximate surface area is 360 Å². The number of aliphatic hydroxyl groups excluding tert-OH is 2. The number of rotatable bonds is 5. The maximum Gasteiger partial charge on any atom is 0.300 e. The number of aliphatic carboxylic acids is 1. The SMILES string of the molecule is C.C=C(C)[C@@H]1C(=O)C[C@@H](C)[C@@]2(O)[C@H]1C=C(CO)C[C@]1(O)C(=O)C(C)=C[C@@H]21.CC(=O)O.CCOC12C[C@@H](C)[C@@]3(O)[C@@H](C=C(CO)C[C@]4(O)C(=O)C(C)=C[C@@H]34)[C@@H]1C(C)(C)N=N2.CN. The van der Waals surface area contributed by atoms with E-state index < -0.39 is 80.9 Å². The number of hydrogen-bond donors (Lipinski definition) is 8. The fourth-order valence-electron chi connectivity index (χ4n) is 11.7. The van der Waals surface area contributed by atoms with E-state index in [4.69, 9.17) is 14.6 Å². The normalized spacial score (nSPS) is 41.2. The average Bonchev–Trinajstić information content (AvgIpc) is 3.59. The van der Waals surface area contributed by atoms with Crippen LogP contribution in [0.2, 0.25) is 0 Å². The lowest BCUT2D eigenvalue weighted by atomic mass is 9.52. The molecule has 2 fully saturated rings. The molecule has 0 aromatic rings. The number of Topliss-reactive ketones (excluding diaryl/α,β-unsaturated/α-hetero) is 3. The molecule has 0 aromatic carbocycles. The molecule has 0 saturated heterocycles. The monoisotopic (exact) mass is 858 g/mol. The van der Waals surface area contributed by atoms with Crippen molar-refractivity contribution >= 4 is 23.3 Å². The molecule has 61 heavy (non-hydrogen) atoms. The standard InChI is InChI=1S/C22H32N2O5.C20H26O5.C2H4O2.CH5N.CH4/c1-6-29-21-9-13(3)22(28)15(17(21)19(4,5)23-24-21)8-14(11-25)10-20(27)16(22)7-12(2)18(20)26;1-10(2)17-14-7-13(9-21)8-19(24)16(5-11(3)18(19)23)20(14,25)12(4)6-15(17)22;1-2(3)4;1-2;/h7-8,13,15-17,25,27-28H,6,9-11H2,1-5H3;5,7,12,14,16-17,21,24-25H,1,6,8-9H2,2-4H3;1H3,(H,3,4);2H2,1H3;1H4/t13-,15+,16-,17-,20-,21?,22-;12-,14+,16-,17+,19-,20-;;;/m11.../s1. The number of nitrogens with two attached hydrogens (primary N) is 1. The van der Waals surface area contributed by atoms with Gasteiger partial charge < -0.3 is 46.2 Å². The summed E-state index contributed by atoms with van der Waals surface area (Å²) in [4.78, 5) is 47.2. The molecule has 0 amide bonds. The topological polar surface area (TPSA) is 270 Å². The van der Waals surface area contributed by atoms with Gasteiger partial charge in [-0.2, -0.15) is 10.2 Å². The smallest absolute Gasteiger partial charge is 0.300 e. The number of carboxylic acids is 1. The van der Waals surface area contributed by atoms with Crippen molar-refractivity contribution in [1.82, 2.24) is 0 Å². The van der Waals surface area contributed by atoms with Gasteiger partial charge in [0.15, 0.2) is 17.3 Å². The van der Waals surface area contributed by atoms with Gasteiger partial charge in [-0.25, -0.2) is 0 Å². The summed E-state index contributed by atoms with van der Waals surface area (Å²) in [6.45, 7) is 19.5. The second kappa shape index (κ2) is 18.3. The van der Waals surface area contributed by atoms with Crippen molar-refractivity contribution in [3.8, 4) is 0 Å². The van der Waals surface area contributed by atoms with Gasteiger partial charge in [-0.15, -0.1) is 0 Å². The molecule has 15 heteroatoms. The molecule has 0 aromatic heterocycles. The molecule has 7 rings (SSSR count). The van der Waals surface area contributed by atoms with Crippen LogP contribution in [-0.4, -0.2) is 120 Å². The highest BCUT2D eigenvalue weighted by molar-refractivity contribution is 6.05. The summed E-state index contributed by atoms with van der Waals surface area (Å²) < 4.78 is 6.17. The summed E-state index contributed by atoms with van der Waals surface area (Å²) in [5.41, 5.74) is -0.819. The third-order valence-electron chi connectivity index (χ3n) is 14.1. The van der Waals surface area contributed by atoms with Gasteiger partial charge >= 0.3 is 0 Å². The largest absolute Gasteiger partial charge is 0.481 e. The molecule has 1 aliphatic heterocycles. The number of ether oxygens (including phenoxy) is 1. The predicted molar refractivity (Wildman–Crippen MR) is 229 cm³/mol. The second-order valence-corrected chi connectivity index (χ2v) is 18.4. The van der Waals surface area contributed by atoms with Gasteiger partial charge in [0, 0.05) is 74.7 Å². The number of aliphatic hydroxyl groups is 6. The number of allylic oxidation sites excluding steroid dienone is 1. The van der Waals surface area contributed by atoms with E-state index in [2.05, 4.69) is 22.5 Å². The number of nitrogens with zero attached hydrogens (tertiary/aromatic N) is 2. The summed E-state index contributed by atoms with van der Waals surface area (Å²) >= 11 is 0. The molecule has 1 unspecified atom stereocenters. The predicted octanol–water partition coefficient (Wildman–Crippen LogP) is 3.80. The Morgan fingerprint density at radius 2 is 1.25 bits per heavy atom. The quantitative estimate of drug-likeness (QED) is 0.183. The van der Waals surface area contributed by atoms with Crippen LogP contribution in [0.4, 0.5) is 0 Å². The Morgan fingerprint density at radius 3 is 1.66 bits per heavy atom. The minimum absolute atomic E-state index is 0. The highest BCUT2D eigenvalue weighted by atomic mass is 16.5. The first-order chi connectivity index (χ1) is 27.8. The molecule has 1 heterocycles. The number of fused-ring (bicyclic) bond motifs is 8. The van der Waals surface area contributed by atoms with Crippen molar-refractivity contribution in [2.45, 2.75) is 129 Å². The Hall–Kier alpha value is -3.54. The first kappa shape index (κ1) is 51.8. The van der Waals surface area contributed by atoms with Crippen LogP contribution in [0.1, 0.15) is 95.4 Å². The lowest BCUT2D eigenvalue weighted by Gasteiger charge is -2.57. The van der Waals surface area contributed by atoms with Crippen LogP contribution in [0.3, 0.4) is 0 Å². The molecule has 6 aliphatic carbocycles. The second-order valence-electron chi connectivity index (χ2n) is 18.4. The summed E-state index contributed by atoms with van der Waals surface area (Å²) in [5, 5.41) is 83.0. The Morgan fingerprint density at radius 1 is 0.820 bits per heavy atom. The summed E-state index contributed by atoms with van der Waals surface area (Å²) in [7, 11) is 1.50. The van der Waals surface area contributed by atoms with Gasteiger partial charge in [0.05, 0.1) is 30.0 Å². The molecule has 342 valence electrons. The lowest BCUT2D eigenvalue weighted by Crippen LogP contribution is -2.67. The minimum atomic E-state index is -1.78. The van der Waals surface area contributed by atoms with Gasteiger partial charge in [-0.1, -0.05) is 57.7 Å². The Bertz CT molecular complexity index is 1910. The lowest BCUT2D eigenvalue weighted by molar-refractivity contribution is -0.225. The van der Waals surface area contributed by atoms with Crippen molar-refractivity contribution in [3.05, 3.63) is 58.7 Å². The van der Waals surface area contributed by atoms with E-state index >= 15 is 0 Å². The van der Waals surface area contributed by atoms with Crippen LogP contribution in [0.5, 0.6) is 0 Å². The van der Waals surface area contributed by atoms with Crippen LogP contribution in [0, 0.1) is 47.3 Å². The Balaban J connectivity index is 0.000000287. The van der Waals surface area contributed by atoms with Crippen LogP contribution in [-0.2, 0) is 23.9 Å². The van der Waals surface area contributed by atoms with Crippen LogP contribution < -0.4 is 5.73 Å². The molecular formula is C46H71N3O12. The molecule has 15 nitrogen and oxygen atoms in total. The molecule has 13 atom stereocenters. The summed E-state index contributed by atoms with van der Waals surface area (Å²) in [6, 6.07) is 0. The van der Waals surface area contributed by atoms with E-state index in [0.29, 0.717) is 40.9 Å². The molecular weight excluding hydrogens is 787 g/mol. The number of carbonyl (C=O) groups excluding carboxylic acids is 3. The average molecular weight is 858 g/mol. The zero-order chi connectivity index (χ0) is 45.7. The maximum absolute atomic E-state index is 12.9. The molecule has 0 radical (unpaired) electrons. The zero-order valence-electron chi connectivity index (χ0n) is 36.7. The maximum atomic E-state index is 12.9. The van der Waals surface area contributed by atoms with Crippen molar-refractivity contribution in [1.29, 1.82) is 0 Å². The van der Waals surface area contributed by atoms with Gasteiger partial charge in [-0.3, -0.25) is 19.2 Å². The van der Waals surface area contributed by atoms with Crippen LogP contribution in [0.25, 0.3) is 0 Å². The van der Waals surface area contributed by atoms with Gasteiger partial charge in [0.1, 0.15) is 17.0 Å². The fourth-order valence-corrected chi connectivity index (χ4v) is 11.7.